The molecule has 1 amide bonds. The van der Waals surface area contributed by atoms with E-state index >= 15 is 0 Å². The molecular formula is C11H17N3O. The molecule has 0 aromatic carbocycles. The zero-order valence-electron chi connectivity index (χ0n) is 9.21. The molecule has 82 valence electrons. The smallest absolute Gasteiger partial charge is 0.252 e. The molecule has 0 aromatic rings. The molecule has 2 rings (SSSR count). The highest BCUT2D eigenvalue weighted by molar-refractivity contribution is 6.22. The van der Waals surface area contributed by atoms with E-state index < -0.39 is 0 Å². The van der Waals surface area contributed by atoms with Crippen molar-refractivity contribution >= 4 is 11.6 Å². The number of hydrogen-bond acceptors (Lipinski definition) is 3. The SMILES string of the molecule is CCC1CCNC2=C(C(N)=O)C(C)=N[C@@H]21. The minimum atomic E-state index is -0.363. The van der Waals surface area contributed by atoms with Gasteiger partial charge in [-0.3, -0.25) is 9.79 Å². The van der Waals surface area contributed by atoms with Gasteiger partial charge in [-0.15, -0.1) is 0 Å². The lowest BCUT2D eigenvalue weighted by atomic mass is 9.88. The molecule has 15 heavy (non-hydrogen) atoms. The molecule has 0 bridgehead atoms. The number of rotatable bonds is 2. The van der Waals surface area contributed by atoms with Crippen molar-refractivity contribution in [2.75, 3.05) is 6.54 Å². The lowest BCUT2D eigenvalue weighted by Crippen LogP contribution is -2.37. The Bertz CT molecular complexity index is 357. The van der Waals surface area contributed by atoms with Crippen LogP contribution in [0.4, 0.5) is 0 Å². The van der Waals surface area contributed by atoms with E-state index in [0.29, 0.717) is 11.5 Å². The van der Waals surface area contributed by atoms with Crippen molar-refractivity contribution in [3.05, 3.63) is 11.3 Å². The Morgan fingerprint density at radius 3 is 3.00 bits per heavy atom. The Kier molecular flexibility index (Phi) is 2.50. The summed E-state index contributed by atoms with van der Waals surface area (Å²) in [7, 11) is 0. The molecule has 0 spiro atoms. The third-order valence-corrected chi connectivity index (χ3v) is 3.31. The van der Waals surface area contributed by atoms with Crippen molar-refractivity contribution in [2.24, 2.45) is 16.6 Å². The van der Waals surface area contributed by atoms with Crippen molar-refractivity contribution < 1.29 is 4.79 Å². The maximum absolute atomic E-state index is 11.3. The number of amides is 1. The first-order valence-electron chi connectivity index (χ1n) is 5.47. The summed E-state index contributed by atoms with van der Waals surface area (Å²) in [5, 5.41) is 3.27. The second-order valence-corrected chi connectivity index (χ2v) is 4.20. The maximum atomic E-state index is 11.3. The van der Waals surface area contributed by atoms with Crippen LogP contribution >= 0.6 is 0 Å². The molecule has 2 aliphatic rings. The van der Waals surface area contributed by atoms with E-state index in [1.807, 2.05) is 6.92 Å². The van der Waals surface area contributed by atoms with Gasteiger partial charge < -0.3 is 11.1 Å². The van der Waals surface area contributed by atoms with Gasteiger partial charge in [0, 0.05) is 12.3 Å². The highest BCUT2D eigenvalue weighted by Crippen LogP contribution is 2.32. The van der Waals surface area contributed by atoms with Crippen LogP contribution in [-0.4, -0.2) is 24.2 Å². The van der Waals surface area contributed by atoms with E-state index in [0.717, 1.165) is 30.8 Å². The third-order valence-electron chi connectivity index (χ3n) is 3.31. The summed E-state index contributed by atoms with van der Waals surface area (Å²) in [5.74, 6) is 0.186. The van der Waals surface area contributed by atoms with Crippen molar-refractivity contribution in [2.45, 2.75) is 32.7 Å². The minimum Gasteiger partial charge on any atom is -0.386 e. The van der Waals surface area contributed by atoms with Crippen LogP contribution < -0.4 is 11.1 Å². The van der Waals surface area contributed by atoms with Crippen molar-refractivity contribution in [1.82, 2.24) is 5.32 Å². The quantitative estimate of drug-likeness (QED) is 0.696. The van der Waals surface area contributed by atoms with Crippen LogP contribution in [0.1, 0.15) is 26.7 Å². The molecule has 2 atom stereocenters. The number of hydrogen-bond donors (Lipinski definition) is 2. The lowest BCUT2D eigenvalue weighted by molar-refractivity contribution is -0.114. The Balaban J connectivity index is 2.38. The fourth-order valence-electron chi connectivity index (χ4n) is 2.50. The normalized spacial score (nSPS) is 29.6. The zero-order chi connectivity index (χ0) is 11.0. The van der Waals surface area contributed by atoms with Crippen LogP contribution in [-0.2, 0) is 4.79 Å². The van der Waals surface area contributed by atoms with E-state index in [9.17, 15) is 4.79 Å². The Labute approximate surface area is 89.6 Å². The molecule has 0 radical (unpaired) electrons. The van der Waals surface area contributed by atoms with E-state index in [4.69, 9.17) is 5.73 Å². The topological polar surface area (TPSA) is 67.5 Å². The van der Waals surface area contributed by atoms with Gasteiger partial charge in [-0.1, -0.05) is 13.3 Å². The molecule has 2 heterocycles. The number of primary amides is 1. The first-order valence-corrected chi connectivity index (χ1v) is 5.47. The predicted octanol–water partition coefficient (Wildman–Crippen LogP) is 0.588. The Morgan fingerprint density at radius 1 is 1.67 bits per heavy atom. The van der Waals surface area contributed by atoms with Crippen molar-refractivity contribution in [1.29, 1.82) is 0 Å². The maximum Gasteiger partial charge on any atom is 0.252 e. The highest BCUT2D eigenvalue weighted by Gasteiger charge is 2.35. The van der Waals surface area contributed by atoms with E-state index in [-0.39, 0.29) is 11.9 Å². The number of fused-ring (bicyclic) bond motifs is 1. The van der Waals surface area contributed by atoms with Gasteiger partial charge in [-0.2, -0.15) is 0 Å². The standard InChI is InChI=1S/C11H17N3O/c1-3-7-4-5-13-10-8(11(12)15)6(2)14-9(7)10/h7,9,13H,3-5H2,1-2H3,(H2,12,15)/t7?,9-/m1/s1. The Morgan fingerprint density at radius 2 is 2.40 bits per heavy atom. The van der Waals surface area contributed by atoms with Crippen molar-refractivity contribution in [3.8, 4) is 0 Å². The van der Waals surface area contributed by atoms with Crippen LogP contribution in [0.5, 0.6) is 0 Å². The minimum absolute atomic E-state index is 0.145. The summed E-state index contributed by atoms with van der Waals surface area (Å²) in [6.45, 7) is 4.95. The summed E-state index contributed by atoms with van der Waals surface area (Å²) < 4.78 is 0. The van der Waals surface area contributed by atoms with E-state index in [1.165, 1.54) is 0 Å². The number of nitrogens with zero attached hydrogens (tertiary/aromatic N) is 1. The van der Waals surface area contributed by atoms with Gasteiger partial charge in [0.2, 0.25) is 0 Å². The van der Waals surface area contributed by atoms with E-state index in [2.05, 4.69) is 17.2 Å². The summed E-state index contributed by atoms with van der Waals surface area (Å²) in [6.07, 6.45) is 2.21. The third kappa shape index (κ3) is 1.54. The summed E-state index contributed by atoms with van der Waals surface area (Å²) in [5.41, 5.74) is 7.72. The average molecular weight is 207 g/mol. The van der Waals surface area contributed by atoms with Gasteiger partial charge in [0.1, 0.15) is 0 Å². The molecule has 2 aliphatic heterocycles. The van der Waals surface area contributed by atoms with Gasteiger partial charge in [0.15, 0.2) is 0 Å². The first kappa shape index (κ1) is 10.2. The fourth-order valence-corrected chi connectivity index (χ4v) is 2.50. The molecule has 1 saturated heterocycles. The van der Waals surface area contributed by atoms with Gasteiger partial charge in [0.05, 0.1) is 17.3 Å². The first-order chi connectivity index (χ1) is 7.15. The molecule has 4 nitrogen and oxygen atoms in total. The number of carbonyl (C=O) groups is 1. The number of aliphatic imine (C=N–C) groups is 1. The molecule has 1 fully saturated rings. The fraction of sp³-hybridized carbons (Fsp3) is 0.636. The zero-order valence-corrected chi connectivity index (χ0v) is 9.21. The van der Waals surface area contributed by atoms with Gasteiger partial charge in [-0.05, 0) is 19.3 Å². The molecule has 0 saturated carbocycles. The molecule has 3 N–H and O–H groups in total. The summed E-state index contributed by atoms with van der Waals surface area (Å²) in [6, 6.07) is 0.145. The van der Waals surface area contributed by atoms with Crippen LogP contribution in [0.15, 0.2) is 16.3 Å². The molecular weight excluding hydrogens is 190 g/mol. The van der Waals surface area contributed by atoms with Gasteiger partial charge in [-0.25, -0.2) is 0 Å². The second kappa shape index (κ2) is 3.68. The lowest BCUT2D eigenvalue weighted by Gasteiger charge is -2.29. The largest absolute Gasteiger partial charge is 0.386 e. The predicted molar refractivity (Wildman–Crippen MR) is 59.5 cm³/mol. The molecule has 0 aromatic heterocycles. The summed E-state index contributed by atoms with van der Waals surface area (Å²) >= 11 is 0. The monoisotopic (exact) mass is 207 g/mol. The average Bonchev–Trinajstić information content (AvgIpc) is 2.53. The highest BCUT2D eigenvalue weighted by atomic mass is 16.1. The van der Waals surface area contributed by atoms with E-state index in [1.54, 1.807) is 0 Å². The van der Waals surface area contributed by atoms with Gasteiger partial charge >= 0.3 is 0 Å². The van der Waals surface area contributed by atoms with Crippen LogP contribution in [0, 0.1) is 5.92 Å². The summed E-state index contributed by atoms with van der Waals surface area (Å²) in [4.78, 5) is 15.9. The molecule has 1 unspecified atom stereocenters. The number of nitrogens with one attached hydrogen (secondary N) is 1. The number of carbonyl (C=O) groups excluding carboxylic acids is 1. The number of nitrogens with two attached hydrogens (primary N) is 1. The Hall–Kier alpha value is -1.32. The second-order valence-electron chi connectivity index (χ2n) is 4.20. The van der Waals surface area contributed by atoms with Gasteiger partial charge in [0.25, 0.3) is 5.91 Å². The number of piperidine rings is 1. The molecule has 4 heteroatoms. The van der Waals surface area contributed by atoms with Crippen LogP contribution in [0.25, 0.3) is 0 Å². The van der Waals surface area contributed by atoms with Crippen molar-refractivity contribution in [3.63, 3.8) is 0 Å². The van der Waals surface area contributed by atoms with Crippen LogP contribution in [0.3, 0.4) is 0 Å². The molecule has 0 aliphatic carbocycles. The van der Waals surface area contributed by atoms with Crippen LogP contribution in [0.2, 0.25) is 0 Å².